The number of nitrogens with zero attached hydrogens (tertiary/aromatic N) is 2. The van der Waals surface area contributed by atoms with Crippen LogP contribution in [0, 0.1) is 20.8 Å². The van der Waals surface area contributed by atoms with Crippen LogP contribution in [0.25, 0.3) is 6.08 Å². The van der Waals surface area contributed by atoms with Crippen molar-refractivity contribution in [2.24, 2.45) is 0 Å². The summed E-state index contributed by atoms with van der Waals surface area (Å²) in [5, 5.41) is 2.81. The van der Waals surface area contributed by atoms with Crippen molar-refractivity contribution in [3.63, 3.8) is 0 Å². The Kier molecular flexibility index (Phi) is 7.00. The molecule has 3 rings (SSSR count). The first-order valence-corrected chi connectivity index (χ1v) is 10.00. The van der Waals surface area contributed by atoms with E-state index in [1.807, 2.05) is 20.8 Å². The molecule has 0 aliphatic rings. The minimum absolute atomic E-state index is 0.165. The lowest BCUT2D eigenvalue weighted by molar-refractivity contribution is 0.102. The number of anilines is 1. The molecule has 0 unspecified atom stereocenters. The monoisotopic (exact) mass is 431 g/mol. The molecule has 1 N–H and O–H groups in total. The number of carbonyl (C=O) groups excluding carboxylic acids is 2. The van der Waals surface area contributed by atoms with E-state index < -0.39 is 0 Å². The molecular formula is C25H25N3O4. The van der Waals surface area contributed by atoms with Crippen molar-refractivity contribution in [2.45, 2.75) is 20.8 Å². The second kappa shape index (κ2) is 9.87. The fourth-order valence-corrected chi connectivity index (χ4v) is 3.04. The molecule has 1 aromatic heterocycles. The van der Waals surface area contributed by atoms with Gasteiger partial charge >= 0.3 is 0 Å². The van der Waals surface area contributed by atoms with Crippen molar-refractivity contribution in [1.82, 2.24) is 9.97 Å². The first-order valence-electron chi connectivity index (χ1n) is 10.00. The van der Waals surface area contributed by atoms with Crippen molar-refractivity contribution in [2.75, 3.05) is 19.5 Å². The van der Waals surface area contributed by atoms with Gasteiger partial charge in [-0.3, -0.25) is 14.6 Å². The number of hydrogen-bond donors (Lipinski definition) is 1. The van der Waals surface area contributed by atoms with Gasteiger partial charge in [-0.2, -0.15) is 0 Å². The number of carbonyl (C=O) groups is 2. The largest absolute Gasteiger partial charge is 0.493 e. The minimum atomic E-state index is -0.297. The van der Waals surface area contributed by atoms with Gasteiger partial charge in [0.05, 0.1) is 37.0 Å². The number of aromatic nitrogens is 2. The first kappa shape index (κ1) is 22.7. The van der Waals surface area contributed by atoms with Crippen molar-refractivity contribution >= 4 is 23.5 Å². The fourth-order valence-electron chi connectivity index (χ4n) is 3.04. The van der Waals surface area contributed by atoms with Gasteiger partial charge in [-0.15, -0.1) is 0 Å². The second-order valence-corrected chi connectivity index (χ2v) is 7.16. The maximum Gasteiger partial charge on any atom is 0.255 e. The Balaban J connectivity index is 1.69. The molecule has 164 valence electrons. The van der Waals surface area contributed by atoms with E-state index in [2.05, 4.69) is 15.3 Å². The summed E-state index contributed by atoms with van der Waals surface area (Å²) < 4.78 is 10.4. The average Bonchev–Trinajstić information content (AvgIpc) is 2.80. The topological polar surface area (TPSA) is 90.4 Å². The summed E-state index contributed by atoms with van der Waals surface area (Å²) >= 11 is 0. The summed E-state index contributed by atoms with van der Waals surface area (Å²) in [6.45, 7) is 5.65. The molecule has 0 saturated heterocycles. The Labute approximate surface area is 187 Å². The third-order valence-electron chi connectivity index (χ3n) is 4.98. The van der Waals surface area contributed by atoms with Crippen molar-refractivity contribution < 1.29 is 19.1 Å². The molecule has 0 radical (unpaired) electrons. The van der Waals surface area contributed by atoms with E-state index in [4.69, 9.17) is 9.47 Å². The van der Waals surface area contributed by atoms with Crippen LogP contribution < -0.4 is 14.8 Å². The van der Waals surface area contributed by atoms with Gasteiger partial charge in [0, 0.05) is 16.8 Å². The molecule has 0 fully saturated rings. The molecule has 0 saturated carbocycles. The molecule has 0 spiro atoms. The third kappa shape index (κ3) is 5.18. The molecule has 32 heavy (non-hydrogen) atoms. The van der Waals surface area contributed by atoms with Crippen LogP contribution in [0.5, 0.6) is 11.5 Å². The first-order chi connectivity index (χ1) is 15.3. The lowest BCUT2D eigenvalue weighted by atomic mass is 10.1. The van der Waals surface area contributed by atoms with Crippen LogP contribution in [0.2, 0.25) is 0 Å². The zero-order valence-corrected chi connectivity index (χ0v) is 18.7. The van der Waals surface area contributed by atoms with Crippen molar-refractivity contribution in [3.8, 4) is 11.5 Å². The Bertz CT molecular complexity index is 1180. The van der Waals surface area contributed by atoms with Gasteiger partial charge in [0.1, 0.15) is 0 Å². The van der Waals surface area contributed by atoms with E-state index in [1.165, 1.54) is 20.3 Å². The van der Waals surface area contributed by atoms with Crippen LogP contribution in [0.15, 0.2) is 48.5 Å². The average molecular weight is 431 g/mol. The molecule has 2 aromatic carbocycles. The van der Waals surface area contributed by atoms with E-state index >= 15 is 0 Å². The number of methoxy groups -OCH3 is 2. The number of rotatable bonds is 7. The smallest absolute Gasteiger partial charge is 0.255 e. The normalized spacial score (nSPS) is 10.8. The Morgan fingerprint density at radius 1 is 0.812 bits per heavy atom. The number of allylic oxidation sites excluding steroid dienone is 1. The van der Waals surface area contributed by atoms with Gasteiger partial charge in [-0.1, -0.05) is 0 Å². The van der Waals surface area contributed by atoms with E-state index in [9.17, 15) is 9.59 Å². The highest BCUT2D eigenvalue weighted by Crippen LogP contribution is 2.28. The number of ether oxygens (including phenoxy) is 2. The standard InChI is InChI=1S/C25H25N3O4/c1-15-16(2)27-21(17(3)26-15)11-12-22(29)18-6-9-20(10-7-18)28-25(30)19-8-13-23(31-4)24(14-19)32-5/h6-14H,1-5H3,(H,28,30)/b12-11+. The SMILES string of the molecule is COc1ccc(C(=O)Nc2ccc(C(=O)/C=C/c3nc(C)c(C)nc3C)cc2)cc1OC. The van der Waals surface area contributed by atoms with Gasteiger partial charge in [0.2, 0.25) is 0 Å². The zero-order chi connectivity index (χ0) is 23.3. The van der Waals surface area contributed by atoms with Crippen LogP contribution in [-0.4, -0.2) is 35.9 Å². The van der Waals surface area contributed by atoms with Crippen LogP contribution in [0.3, 0.4) is 0 Å². The molecule has 3 aromatic rings. The molecule has 0 aliphatic carbocycles. The molecule has 1 amide bonds. The molecule has 1 heterocycles. The summed E-state index contributed by atoms with van der Waals surface area (Å²) in [7, 11) is 3.05. The lowest BCUT2D eigenvalue weighted by Gasteiger charge is -2.10. The number of aryl methyl sites for hydroxylation is 3. The molecule has 7 heteroatoms. The van der Waals surface area contributed by atoms with E-state index in [0.29, 0.717) is 34.0 Å². The van der Waals surface area contributed by atoms with E-state index in [0.717, 1.165) is 17.1 Å². The third-order valence-corrected chi connectivity index (χ3v) is 4.98. The molecule has 0 bridgehead atoms. The van der Waals surface area contributed by atoms with Gasteiger partial charge < -0.3 is 14.8 Å². The Morgan fingerprint density at radius 2 is 1.44 bits per heavy atom. The fraction of sp³-hybridized carbons (Fsp3) is 0.200. The molecule has 0 aliphatic heterocycles. The summed E-state index contributed by atoms with van der Waals surface area (Å²) in [6.07, 6.45) is 3.15. The van der Waals surface area contributed by atoms with Gasteiger partial charge in [0.25, 0.3) is 5.91 Å². The second-order valence-electron chi connectivity index (χ2n) is 7.16. The maximum absolute atomic E-state index is 12.5. The van der Waals surface area contributed by atoms with Crippen LogP contribution >= 0.6 is 0 Å². The van der Waals surface area contributed by atoms with Crippen molar-refractivity contribution in [3.05, 3.63) is 82.4 Å². The zero-order valence-electron chi connectivity index (χ0n) is 18.7. The maximum atomic E-state index is 12.5. The van der Waals surface area contributed by atoms with Gasteiger partial charge in [-0.05, 0) is 75.4 Å². The number of amides is 1. The predicted octanol–water partition coefficient (Wildman–Crippen LogP) is 4.57. The summed E-state index contributed by atoms with van der Waals surface area (Å²) in [5.74, 6) is 0.550. The van der Waals surface area contributed by atoms with E-state index in [-0.39, 0.29) is 11.7 Å². The number of nitrogens with one attached hydrogen (secondary N) is 1. The quantitative estimate of drug-likeness (QED) is 0.435. The number of ketones is 1. The summed E-state index contributed by atoms with van der Waals surface area (Å²) in [6, 6.07) is 11.6. The summed E-state index contributed by atoms with van der Waals surface area (Å²) in [5.41, 5.74) is 4.64. The highest BCUT2D eigenvalue weighted by molar-refractivity contribution is 6.08. The predicted molar refractivity (Wildman–Crippen MR) is 124 cm³/mol. The molecular weight excluding hydrogens is 406 g/mol. The Morgan fingerprint density at radius 3 is 2.09 bits per heavy atom. The molecule has 7 nitrogen and oxygen atoms in total. The lowest BCUT2D eigenvalue weighted by Crippen LogP contribution is -2.12. The van der Waals surface area contributed by atoms with Crippen LogP contribution in [-0.2, 0) is 0 Å². The molecule has 0 atom stereocenters. The van der Waals surface area contributed by atoms with E-state index in [1.54, 1.807) is 48.5 Å². The number of hydrogen-bond acceptors (Lipinski definition) is 6. The summed E-state index contributed by atoms with van der Waals surface area (Å²) in [4.78, 5) is 34.0. The van der Waals surface area contributed by atoms with Crippen molar-refractivity contribution in [1.29, 1.82) is 0 Å². The highest BCUT2D eigenvalue weighted by Gasteiger charge is 2.12. The Hall–Kier alpha value is -4.00. The van der Waals surface area contributed by atoms with Crippen LogP contribution in [0.1, 0.15) is 43.5 Å². The highest BCUT2D eigenvalue weighted by atomic mass is 16.5. The van der Waals surface area contributed by atoms with Gasteiger partial charge in [-0.25, -0.2) is 4.98 Å². The van der Waals surface area contributed by atoms with Crippen LogP contribution in [0.4, 0.5) is 5.69 Å². The van der Waals surface area contributed by atoms with Gasteiger partial charge in [0.15, 0.2) is 17.3 Å². The number of benzene rings is 2. The minimum Gasteiger partial charge on any atom is -0.493 e.